The molecule has 0 atom stereocenters. The SMILES string of the molecule is COc1ccc(C=CCSC(C)=O)c(Cl)c1OC. The summed E-state index contributed by atoms with van der Waals surface area (Å²) >= 11 is 7.45. The van der Waals surface area contributed by atoms with E-state index in [9.17, 15) is 4.79 Å². The average molecular weight is 287 g/mol. The van der Waals surface area contributed by atoms with Crippen molar-refractivity contribution in [1.82, 2.24) is 0 Å². The zero-order chi connectivity index (χ0) is 13.5. The number of benzene rings is 1. The van der Waals surface area contributed by atoms with Crippen LogP contribution in [-0.2, 0) is 4.79 Å². The Kier molecular flexibility index (Phi) is 6.09. The lowest BCUT2D eigenvalue weighted by atomic mass is 10.2. The first-order chi connectivity index (χ1) is 8.60. The smallest absolute Gasteiger partial charge is 0.186 e. The van der Waals surface area contributed by atoms with Crippen LogP contribution in [0, 0.1) is 0 Å². The Bertz CT molecular complexity index is 458. The molecule has 0 radical (unpaired) electrons. The summed E-state index contributed by atoms with van der Waals surface area (Å²) in [5.41, 5.74) is 0.832. The number of hydrogen-bond acceptors (Lipinski definition) is 4. The van der Waals surface area contributed by atoms with Gasteiger partial charge < -0.3 is 9.47 Å². The van der Waals surface area contributed by atoms with Crippen molar-refractivity contribution in [2.45, 2.75) is 6.92 Å². The molecule has 0 N–H and O–H groups in total. The zero-order valence-corrected chi connectivity index (χ0v) is 12.1. The molecule has 1 aromatic rings. The van der Waals surface area contributed by atoms with E-state index in [-0.39, 0.29) is 5.12 Å². The molecule has 0 fully saturated rings. The minimum absolute atomic E-state index is 0.0954. The molecule has 18 heavy (non-hydrogen) atoms. The third kappa shape index (κ3) is 3.96. The van der Waals surface area contributed by atoms with E-state index in [2.05, 4.69) is 0 Å². The van der Waals surface area contributed by atoms with Gasteiger partial charge in [0.2, 0.25) is 0 Å². The molecule has 1 aromatic carbocycles. The van der Waals surface area contributed by atoms with Gasteiger partial charge in [-0.15, -0.1) is 0 Å². The number of hydrogen-bond donors (Lipinski definition) is 0. The van der Waals surface area contributed by atoms with Crippen LogP contribution in [0.25, 0.3) is 6.08 Å². The Morgan fingerprint density at radius 1 is 1.39 bits per heavy atom. The molecule has 0 bridgehead atoms. The second-order valence-corrected chi connectivity index (χ2v) is 4.98. The van der Waals surface area contributed by atoms with Crippen molar-refractivity contribution in [3.05, 3.63) is 28.8 Å². The summed E-state index contributed by atoms with van der Waals surface area (Å²) < 4.78 is 10.3. The fraction of sp³-hybridized carbons (Fsp3) is 0.308. The quantitative estimate of drug-likeness (QED) is 0.828. The molecule has 3 nitrogen and oxygen atoms in total. The molecular formula is C13H15ClO3S. The summed E-state index contributed by atoms with van der Waals surface area (Å²) in [6.45, 7) is 1.54. The van der Waals surface area contributed by atoms with Gasteiger partial charge in [0.05, 0.1) is 19.2 Å². The van der Waals surface area contributed by atoms with Crippen LogP contribution in [0.3, 0.4) is 0 Å². The van der Waals surface area contributed by atoms with Gasteiger partial charge in [-0.05, 0) is 17.7 Å². The van der Waals surface area contributed by atoms with Crippen LogP contribution in [0.1, 0.15) is 12.5 Å². The van der Waals surface area contributed by atoms with Crippen molar-refractivity contribution in [1.29, 1.82) is 0 Å². The van der Waals surface area contributed by atoms with Gasteiger partial charge in [0.25, 0.3) is 0 Å². The molecular weight excluding hydrogens is 272 g/mol. The van der Waals surface area contributed by atoms with Crippen molar-refractivity contribution in [2.75, 3.05) is 20.0 Å². The van der Waals surface area contributed by atoms with E-state index < -0.39 is 0 Å². The van der Waals surface area contributed by atoms with E-state index in [0.29, 0.717) is 22.3 Å². The molecule has 0 unspecified atom stereocenters. The summed E-state index contributed by atoms with van der Waals surface area (Å²) in [6.07, 6.45) is 3.75. The summed E-state index contributed by atoms with van der Waals surface area (Å²) in [4.78, 5) is 10.8. The lowest BCUT2D eigenvalue weighted by Gasteiger charge is -2.10. The van der Waals surface area contributed by atoms with Gasteiger partial charge in [-0.3, -0.25) is 4.79 Å². The number of thioether (sulfide) groups is 1. The van der Waals surface area contributed by atoms with Crippen LogP contribution < -0.4 is 9.47 Å². The minimum atomic E-state index is 0.0954. The van der Waals surface area contributed by atoms with Crippen LogP contribution in [0.4, 0.5) is 0 Å². The number of halogens is 1. The highest BCUT2D eigenvalue weighted by Crippen LogP contribution is 2.37. The first-order valence-electron chi connectivity index (χ1n) is 5.30. The maximum atomic E-state index is 10.8. The van der Waals surface area contributed by atoms with Crippen LogP contribution in [0.5, 0.6) is 11.5 Å². The molecule has 0 amide bonds. The summed E-state index contributed by atoms with van der Waals surface area (Å²) in [5.74, 6) is 1.73. The van der Waals surface area contributed by atoms with Crippen molar-refractivity contribution in [3.63, 3.8) is 0 Å². The summed E-state index contributed by atoms with van der Waals surface area (Å²) in [6, 6.07) is 3.64. The first kappa shape index (κ1) is 14.9. The maximum Gasteiger partial charge on any atom is 0.186 e. The molecule has 0 heterocycles. The fourth-order valence-corrected chi connectivity index (χ4v) is 2.10. The van der Waals surface area contributed by atoms with E-state index in [0.717, 1.165) is 5.56 Å². The molecule has 0 saturated heterocycles. The number of ether oxygens (including phenoxy) is 2. The Balaban J connectivity index is 2.87. The maximum absolute atomic E-state index is 10.8. The fourth-order valence-electron chi connectivity index (χ4n) is 1.37. The Hall–Kier alpha value is -1.13. The van der Waals surface area contributed by atoms with Crippen molar-refractivity contribution in [2.24, 2.45) is 0 Å². The van der Waals surface area contributed by atoms with Crippen molar-refractivity contribution in [3.8, 4) is 11.5 Å². The predicted octanol–water partition coefficient (Wildman–Crippen LogP) is 3.65. The van der Waals surface area contributed by atoms with E-state index in [1.807, 2.05) is 18.2 Å². The van der Waals surface area contributed by atoms with E-state index >= 15 is 0 Å². The third-order valence-corrected chi connectivity index (χ3v) is 3.35. The lowest BCUT2D eigenvalue weighted by molar-refractivity contribution is -0.109. The predicted molar refractivity (Wildman–Crippen MR) is 76.7 cm³/mol. The van der Waals surface area contributed by atoms with E-state index in [4.69, 9.17) is 21.1 Å². The van der Waals surface area contributed by atoms with Gasteiger partial charge in [-0.2, -0.15) is 0 Å². The highest BCUT2D eigenvalue weighted by atomic mass is 35.5. The van der Waals surface area contributed by atoms with Gasteiger partial charge in [-0.25, -0.2) is 0 Å². The molecule has 0 saturated carbocycles. The third-order valence-electron chi connectivity index (χ3n) is 2.20. The molecule has 5 heteroatoms. The normalized spacial score (nSPS) is 10.7. The Labute approximate surface area is 116 Å². The Morgan fingerprint density at radius 3 is 2.67 bits per heavy atom. The van der Waals surface area contributed by atoms with Gasteiger partial charge in [0.15, 0.2) is 16.6 Å². The average Bonchev–Trinajstić information content (AvgIpc) is 2.35. The Morgan fingerprint density at radius 2 is 2.11 bits per heavy atom. The number of carbonyl (C=O) groups is 1. The summed E-state index contributed by atoms with van der Waals surface area (Å²) in [5, 5.41) is 0.596. The second kappa shape index (κ2) is 7.34. The van der Waals surface area contributed by atoms with Crippen LogP contribution in [0.15, 0.2) is 18.2 Å². The first-order valence-corrected chi connectivity index (χ1v) is 6.67. The van der Waals surface area contributed by atoms with E-state index in [1.165, 1.54) is 11.8 Å². The summed E-state index contributed by atoms with van der Waals surface area (Å²) in [7, 11) is 3.11. The highest BCUT2D eigenvalue weighted by Gasteiger charge is 2.11. The van der Waals surface area contributed by atoms with Crippen LogP contribution in [0.2, 0.25) is 5.02 Å². The molecule has 0 aliphatic rings. The molecule has 0 spiro atoms. The van der Waals surface area contributed by atoms with Crippen LogP contribution >= 0.6 is 23.4 Å². The van der Waals surface area contributed by atoms with Gasteiger partial charge in [0.1, 0.15) is 0 Å². The largest absolute Gasteiger partial charge is 0.493 e. The molecule has 0 aromatic heterocycles. The van der Waals surface area contributed by atoms with Gasteiger partial charge in [0, 0.05) is 12.7 Å². The second-order valence-electron chi connectivity index (χ2n) is 3.41. The molecule has 0 aliphatic carbocycles. The standard InChI is InChI=1S/C13H15ClO3S/c1-9(15)18-8-4-5-10-6-7-11(16-2)13(17-3)12(10)14/h4-7H,8H2,1-3H3. The monoisotopic (exact) mass is 286 g/mol. The van der Waals surface area contributed by atoms with E-state index in [1.54, 1.807) is 27.2 Å². The number of rotatable bonds is 5. The minimum Gasteiger partial charge on any atom is -0.493 e. The topological polar surface area (TPSA) is 35.5 Å². The van der Waals surface area contributed by atoms with Gasteiger partial charge in [-0.1, -0.05) is 35.5 Å². The van der Waals surface area contributed by atoms with Crippen LogP contribution in [-0.4, -0.2) is 25.1 Å². The number of carbonyl (C=O) groups excluding carboxylic acids is 1. The van der Waals surface area contributed by atoms with Gasteiger partial charge >= 0.3 is 0 Å². The zero-order valence-electron chi connectivity index (χ0n) is 10.5. The van der Waals surface area contributed by atoms with Crippen molar-refractivity contribution < 1.29 is 14.3 Å². The van der Waals surface area contributed by atoms with Crippen molar-refractivity contribution >= 4 is 34.6 Å². The molecule has 1 rings (SSSR count). The lowest BCUT2D eigenvalue weighted by Crippen LogP contribution is -1.92. The molecule has 0 aliphatic heterocycles. The highest BCUT2D eigenvalue weighted by molar-refractivity contribution is 8.13. The number of methoxy groups -OCH3 is 2. The molecule has 98 valence electrons.